The highest BCUT2D eigenvalue weighted by Crippen LogP contribution is 2.25. The molecule has 18 heavy (non-hydrogen) atoms. The molecule has 2 rings (SSSR count). The average Bonchev–Trinajstić information content (AvgIpc) is 2.86. The van der Waals surface area contributed by atoms with Gasteiger partial charge in [-0.3, -0.25) is 4.79 Å². The van der Waals surface area contributed by atoms with E-state index >= 15 is 0 Å². The molecule has 1 aromatic heterocycles. The van der Waals surface area contributed by atoms with Crippen molar-refractivity contribution in [2.24, 2.45) is 0 Å². The summed E-state index contributed by atoms with van der Waals surface area (Å²) in [5.74, 6) is -0.0108. The van der Waals surface area contributed by atoms with Crippen molar-refractivity contribution < 1.29 is 4.79 Å². The van der Waals surface area contributed by atoms with E-state index in [1.165, 1.54) is 11.3 Å². The first-order valence-electron chi connectivity index (χ1n) is 5.57. The summed E-state index contributed by atoms with van der Waals surface area (Å²) in [5.41, 5.74) is 1.04. The van der Waals surface area contributed by atoms with Crippen LogP contribution in [0.25, 0.3) is 10.6 Å². The fourth-order valence-electron chi connectivity index (χ4n) is 1.40. The second-order valence-corrected chi connectivity index (χ2v) is 5.07. The van der Waals surface area contributed by atoms with Gasteiger partial charge in [-0.05, 0) is 0 Å². The van der Waals surface area contributed by atoms with Crippen LogP contribution in [-0.2, 0) is 0 Å². The maximum Gasteiger partial charge on any atom is 0.198 e. The predicted molar refractivity (Wildman–Crippen MR) is 74.7 cm³/mol. The number of nitrogens with zero attached hydrogens (tertiary/aromatic N) is 2. The molecule has 0 radical (unpaired) electrons. The molecule has 1 heterocycles. The lowest BCUT2D eigenvalue weighted by Crippen LogP contribution is -2.02. The topological polar surface area (TPSA) is 33.2 Å². The van der Waals surface area contributed by atoms with Gasteiger partial charge in [0.15, 0.2) is 5.78 Å². The van der Waals surface area contributed by atoms with Gasteiger partial charge in [-0.1, -0.05) is 30.3 Å². The second-order valence-electron chi connectivity index (χ2n) is 4.04. The molecule has 0 fully saturated rings. The fraction of sp³-hybridized carbons (Fsp3) is 0.143. The second kappa shape index (κ2) is 5.60. The number of allylic oxidation sites excluding steroid dienone is 1. The molecule has 0 saturated carbocycles. The van der Waals surface area contributed by atoms with Crippen molar-refractivity contribution in [3.05, 3.63) is 53.7 Å². The molecule has 0 spiro atoms. The number of benzene rings is 1. The van der Waals surface area contributed by atoms with E-state index in [9.17, 15) is 4.79 Å². The minimum Gasteiger partial charge on any atom is -0.383 e. The molecule has 3 nitrogen and oxygen atoms in total. The minimum absolute atomic E-state index is 0.0108. The highest BCUT2D eigenvalue weighted by Gasteiger charge is 2.08. The predicted octanol–water partition coefficient (Wildman–Crippen LogP) is 3.07. The van der Waals surface area contributed by atoms with Gasteiger partial charge in [0, 0.05) is 38.1 Å². The third kappa shape index (κ3) is 3.05. The summed E-state index contributed by atoms with van der Waals surface area (Å²) in [7, 11) is 3.76. The number of ketones is 1. The number of thiazole rings is 1. The molecule has 0 aliphatic carbocycles. The van der Waals surface area contributed by atoms with Gasteiger partial charge in [-0.2, -0.15) is 0 Å². The Bertz CT molecular complexity index is 558. The van der Waals surface area contributed by atoms with Crippen molar-refractivity contribution >= 4 is 17.1 Å². The number of carbonyl (C=O) groups is 1. The Kier molecular flexibility index (Phi) is 3.89. The largest absolute Gasteiger partial charge is 0.383 e. The molecule has 0 saturated heterocycles. The van der Waals surface area contributed by atoms with Crippen molar-refractivity contribution in [2.45, 2.75) is 0 Å². The van der Waals surface area contributed by atoms with E-state index in [-0.39, 0.29) is 5.78 Å². The summed E-state index contributed by atoms with van der Waals surface area (Å²) in [6.07, 6.45) is 4.93. The Morgan fingerprint density at radius 3 is 2.67 bits per heavy atom. The van der Waals surface area contributed by atoms with Crippen LogP contribution < -0.4 is 0 Å². The van der Waals surface area contributed by atoms with Crippen LogP contribution >= 0.6 is 11.3 Å². The normalized spacial score (nSPS) is 10.8. The molecule has 4 heteroatoms. The van der Waals surface area contributed by atoms with Crippen LogP contribution in [0.1, 0.15) is 9.67 Å². The zero-order valence-corrected chi connectivity index (χ0v) is 11.1. The van der Waals surface area contributed by atoms with E-state index in [2.05, 4.69) is 4.98 Å². The van der Waals surface area contributed by atoms with Crippen LogP contribution in [0.5, 0.6) is 0 Å². The van der Waals surface area contributed by atoms with Gasteiger partial charge in [0.05, 0.1) is 4.88 Å². The Morgan fingerprint density at radius 2 is 2.00 bits per heavy atom. The molecule has 0 unspecified atom stereocenters. The van der Waals surface area contributed by atoms with Crippen molar-refractivity contribution in [1.82, 2.24) is 9.88 Å². The Hall–Kier alpha value is -1.94. The zero-order valence-electron chi connectivity index (χ0n) is 10.3. The summed E-state index contributed by atoms with van der Waals surface area (Å²) in [4.78, 5) is 18.6. The Morgan fingerprint density at radius 1 is 1.28 bits per heavy atom. The van der Waals surface area contributed by atoms with Gasteiger partial charge in [-0.15, -0.1) is 11.3 Å². The van der Waals surface area contributed by atoms with E-state index in [1.54, 1.807) is 18.5 Å². The Labute approximate surface area is 110 Å². The highest BCUT2D eigenvalue weighted by atomic mass is 32.1. The van der Waals surface area contributed by atoms with Crippen LogP contribution in [-0.4, -0.2) is 29.8 Å². The summed E-state index contributed by atoms with van der Waals surface area (Å²) < 4.78 is 0. The minimum atomic E-state index is -0.0108. The monoisotopic (exact) mass is 258 g/mol. The number of aromatic nitrogens is 1. The van der Waals surface area contributed by atoms with Crippen molar-refractivity contribution in [2.75, 3.05) is 14.1 Å². The van der Waals surface area contributed by atoms with Gasteiger partial charge < -0.3 is 4.90 Å². The number of hydrogen-bond donors (Lipinski definition) is 0. The smallest absolute Gasteiger partial charge is 0.198 e. The van der Waals surface area contributed by atoms with E-state index in [1.807, 2.05) is 49.3 Å². The summed E-state index contributed by atoms with van der Waals surface area (Å²) in [5, 5.41) is 0.872. The summed E-state index contributed by atoms with van der Waals surface area (Å²) in [6, 6.07) is 9.86. The maximum absolute atomic E-state index is 11.9. The van der Waals surface area contributed by atoms with Gasteiger partial charge >= 0.3 is 0 Å². The molecule has 1 aromatic carbocycles. The molecule has 92 valence electrons. The standard InChI is InChI=1S/C14H14N2OS/c1-16(2)9-8-12(17)13-10-15-14(18-13)11-6-4-3-5-7-11/h3-10H,1-2H3/b9-8+. The Balaban J connectivity index is 2.19. The molecular formula is C14H14N2OS. The fourth-order valence-corrected chi connectivity index (χ4v) is 2.24. The van der Waals surface area contributed by atoms with Gasteiger partial charge in [0.1, 0.15) is 5.01 Å². The maximum atomic E-state index is 11.9. The number of hydrogen-bond acceptors (Lipinski definition) is 4. The molecule has 0 atom stereocenters. The first-order chi connectivity index (χ1) is 8.66. The van der Waals surface area contributed by atoms with E-state index in [0.29, 0.717) is 4.88 Å². The summed E-state index contributed by atoms with van der Waals surface area (Å²) >= 11 is 1.42. The molecule has 2 aromatic rings. The van der Waals surface area contributed by atoms with Gasteiger partial charge in [0.25, 0.3) is 0 Å². The number of rotatable bonds is 4. The van der Waals surface area contributed by atoms with Crippen molar-refractivity contribution in [3.8, 4) is 10.6 Å². The quantitative estimate of drug-likeness (QED) is 0.624. The first kappa shape index (κ1) is 12.5. The SMILES string of the molecule is CN(C)/C=C/C(=O)c1cnc(-c2ccccc2)s1. The lowest BCUT2D eigenvalue weighted by atomic mass is 10.2. The molecule has 0 amide bonds. The lowest BCUT2D eigenvalue weighted by molar-refractivity contribution is 0.104. The van der Waals surface area contributed by atoms with Crippen molar-refractivity contribution in [3.63, 3.8) is 0 Å². The average molecular weight is 258 g/mol. The first-order valence-corrected chi connectivity index (χ1v) is 6.38. The highest BCUT2D eigenvalue weighted by molar-refractivity contribution is 7.17. The van der Waals surface area contributed by atoms with E-state index in [0.717, 1.165) is 10.6 Å². The van der Waals surface area contributed by atoms with E-state index < -0.39 is 0 Å². The molecule has 0 bridgehead atoms. The van der Waals surface area contributed by atoms with Crippen LogP contribution in [0.3, 0.4) is 0 Å². The van der Waals surface area contributed by atoms with Crippen molar-refractivity contribution in [1.29, 1.82) is 0 Å². The van der Waals surface area contributed by atoms with Gasteiger partial charge in [0.2, 0.25) is 0 Å². The van der Waals surface area contributed by atoms with Crippen LogP contribution in [0.15, 0.2) is 48.8 Å². The summed E-state index contributed by atoms with van der Waals surface area (Å²) in [6.45, 7) is 0. The lowest BCUT2D eigenvalue weighted by Gasteiger charge is -2.01. The van der Waals surface area contributed by atoms with Crippen LogP contribution in [0, 0.1) is 0 Å². The molecular weight excluding hydrogens is 244 g/mol. The molecule has 0 N–H and O–H groups in total. The third-order valence-corrected chi connectivity index (χ3v) is 3.35. The van der Waals surface area contributed by atoms with Crippen LogP contribution in [0.2, 0.25) is 0 Å². The van der Waals surface area contributed by atoms with E-state index in [4.69, 9.17) is 0 Å². The van der Waals surface area contributed by atoms with Gasteiger partial charge in [-0.25, -0.2) is 4.98 Å². The number of carbonyl (C=O) groups excluding carboxylic acids is 1. The third-order valence-electron chi connectivity index (χ3n) is 2.29. The zero-order chi connectivity index (χ0) is 13.0. The molecule has 0 aliphatic heterocycles. The van der Waals surface area contributed by atoms with Crippen LogP contribution in [0.4, 0.5) is 0 Å². The molecule has 0 aliphatic rings.